The van der Waals surface area contributed by atoms with E-state index >= 15 is 0 Å². The van der Waals surface area contributed by atoms with E-state index in [1.165, 1.54) is 12.1 Å². The first-order chi connectivity index (χ1) is 15.7. The lowest BCUT2D eigenvalue weighted by molar-refractivity contribution is -0.394. The third kappa shape index (κ3) is 5.31. The molecule has 10 nitrogen and oxygen atoms in total. The highest BCUT2D eigenvalue weighted by molar-refractivity contribution is 6.06. The van der Waals surface area contributed by atoms with Gasteiger partial charge in [-0.25, -0.2) is 0 Å². The Morgan fingerprint density at radius 3 is 2.24 bits per heavy atom. The fourth-order valence-electron chi connectivity index (χ4n) is 3.12. The van der Waals surface area contributed by atoms with E-state index in [4.69, 9.17) is 5.73 Å². The lowest BCUT2D eigenvalue weighted by Gasteiger charge is -2.13. The molecule has 3 aromatic rings. The number of nitrogens with two attached hydrogens (primary N) is 1. The number of anilines is 3. The third-order valence-corrected chi connectivity index (χ3v) is 4.93. The number of nitrogens with zero attached hydrogens (tertiary/aromatic N) is 2. The van der Waals surface area contributed by atoms with Crippen molar-refractivity contribution in [3.63, 3.8) is 0 Å². The minimum Gasteiger partial charge on any atom is -0.397 e. The highest BCUT2D eigenvalue weighted by Crippen LogP contribution is 2.31. The van der Waals surface area contributed by atoms with Crippen LogP contribution in [0.15, 0.2) is 67.2 Å². The first-order valence-corrected chi connectivity index (χ1v) is 9.88. The van der Waals surface area contributed by atoms with Crippen LogP contribution in [0.1, 0.15) is 28.4 Å². The van der Waals surface area contributed by atoms with Crippen LogP contribution in [0, 0.1) is 20.2 Å². The van der Waals surface area contributed by atoms with Gasteiger partial charge in [0.25, 0.3) is 17.3 Å². The molecule has 10 heteroatoms. The van der Waals surface area contributed by atoms with Gasteiger partial charge in [-0.05, 0) is 48.4 Å². The van der Waals surface area contributed by atoms with Crippen LogP contribution in [-0.4, -0.2) is 15.8 Å². The molecule has 0 aliphatic carbocycles. The van der Waals surface area contributed by atoms with Gasteiger partial charge in [-0.3, -0.25) is 25.0 Å². The number of nitro groups is 2. The molecular weight excluding hydrogens is 426 g/mol. The van der Waals surface area contributed by atoms with Crippen molar-refractivity contribution in [2.24, 2.45) is 0 Å². The molecule has 0 atom stereocenters. The summed E-state index contributed by atoms with van der Waals surface area (Å²) in [5.41, 5.74) is 8.22. The molecule has 0 saturated carbocycles. The van der Waals surface area contributed by atoms with Gasteiger partial charge in [0.05, 0.1) is 32.9 Å². The van der Waals surface area contributed by atoms with Crippen LogP contribution in [0.2, 0.25) is 0 Å². The quantitative estimate of drug-likeness (QED) is 0.250. The molecular formula is C23H21N5O5. The summed E-state index contributed by atoms with van der Waals surface area (Å²) in [4.78, 5) is 33.3. The van der Waals surface area contributed by atoms with E-state index in [9.17, 15) is 25.0 Å². The van der Waals surface area contributed by atoms with E-state index in [-0.39, 0.29) is 22.9 Å². The van der Waals surface area contributed by atoms with Gasteiger partial charge in [0, 0.05) is 23.0 Å². The number of hydrogen-bond acceptors (Lipinski definition) is 7. The molecule has 0 heterocycles. The number of carbonyl (C=O) groups excluding carboxylic acids is 1. The number of nitrogens with one attached hydrogen (secondary N) is 2. The summed E-state index contributed by atoms with van der Waals surface area (Å²) in [6.45, 7) is 5.82. The van der Waals surface area contributed by atoms with Crippen LogP contribution in [0.4, 0.5) is 28.4 Å². The predicted molar refractivity (Wildman–Crippen MR) is 127 cm³/mol. The molecule has 0 spiro atoms. The van der Waals surface area contributed by atoms with E-state index < -0.39 is 21.2 Å². The summed E-state index contributed by atoms with van der Waals surface area (Å²) in [7, 11) is 0. The first-order valence-electron chi connectivity index (χ1n) is 9.88. The van der Waals surface area contributed by atoms with Crippen molar-refractivity contribution >= 4 is 40.0 Å². The van der Waals surface area contributed by atoms with Crippen LogP contribution in [0.3, 0.4) is 0 Å². The Kier molecular flexibility index (Phi) is 6.68. The molecule has 3 aromatic carbocycles. The third-order valence-electron chi connectivity index (χ3n) is 4.93. The van der Waals surface area contributed by atoms with Crippen molar-refractivity contribution in [1.29, 1.82) is 0 Å². The number of rotatable bonds is 8. The van der Waals surface area contributed by atoms with Crippen molar-refractivity contribution < 1.29 is 14.6 Å². The molecule has 0 saturated heterocycles. The highest BCUT2D eigenvalue weighted by Gasteiger charge is 2.21. The Hall–Kier alpha value is -4.73. The number of aryl methyl sites for hydroxylation is 1. The molecule has 168 valence electrons. The average Bonchev–Trinajstić information content (AvgIpc) is 2.80. The number of nitro benzene ring substituents is 2. The van der Waals surface area contributed by atoms with E-state index in [1.807, 2.05) is 19.1 Å². The van der Waals surface area contributed by atoms with E-state index in [1.54, 1.807) is 24.3 Å². The van der Waals surface area contributed by atoms with Gasteiger partial charge < -0.3 is 16.4 Å². The molecule has 3 rings (SSSR count). The Morgan fingerprint density at radius 2 is 1.67 bits per heavy atom. The molecule has 33 heavy (non-hydrogen) atoms. The predicted octanol–water partition coefficient (Wildman–Crippen LogP) is 4.98. The average molecular weight is 447 g/mol. The lowest BCUT2D eigenvalue weighted by Crippen LogP contribution is -2.13. The summed E-state index contributed by atoms with van der Waals surface area (Å²) in [6.07, 6.45) is 0.873. The molecule has 0 aliphatic heterocycles. The Labute approximate surface area is 189 Å². The van der Waals surface area contributed by atoms with E-state index in [0.29, 0.717) is 16.9 Å². The lowest BCUT2D eigenvalue weighted by atomic mass is 10.1. The van der Waals surface area contributed by atoms with E-state index in [0.717, 1.165) is 24.1 Å². The minimum atomic E-state index is -0.713. The highest BCUT2D eigenvalue weighted by atomic mass is 16.6. The summed E-state index contributed by atoms with van der Waals surface area (Å²) < 4.78 is 0. The number of benzene rings is 3. The fraction of sp³-hybridized carbons (Fsp3) is 0.0870. The minimum absolute atomic E-state index is 0.0945. The molecule has 0 aliphatic rings. The topological polar surface area (TPSA) is 153 Å². The standard InChI is InChI=1S/C23H21N5O5/c1-3-15-4-6-16(7-5-15)23(29)26-21-11-8-17(12-20(21)24)25-14(2)19-10-9-18(27(30)31)13-22(19)28(32)33/h4-13,25H,2-3,24H2,1H3,(H,26,29). The van der Waals surface area contributed by atoms with Crippen molar-refractivity contribution in [2.75, 3.05) is 16.4 Å². The Balaban J connectivity index is 1.76. The zero-order chi connectivity index (χ0) is 24.1. The summed E-state index contributed by atoms with van der Waals surface area (Å²) in [6, 6.07) is 15.3. The van der Waals surface area contributed by atoms with Crippen molar-refractivity contribution in [3.8, 4) is 0 Å². The second-order valence-corrected chi connectivity index (χ2v) is 7.13. The fourth-order valence-corrected chi connectivity index (χ4v) is 3.12. The molecule has 0 aromatic heterocycles. The van der Waals surface area contributed by atoms with Crippen LogP contribution in [0.5, 0.6) is 0 Å². The van der Waals surface area contributed by atoms with Gasteiger partial charge in [0.15, 0.2) is 0 Å². The van der Waals surface area contributed by atoms with Gasteiger partial charge in [0.1, 0.15) is 0 Å². The molecule has 0 bridgehead atoms. The van der Waals surface area contributed by atoms with Crippen LogP contribution < -0.4 is 16.4 Å². The number of hydrogen-bond donors (Lipinski definition) is 3. The van der Waals surface area contributed by atoms with Crippen LogP contribution >= 0.6 is 0 Å². The molecule has 1 amide bonds. The number of carbonyl (C=O) groups is 1. The smallest absolute Gasteiger partial charge is 0.285 e. The molecule has 0 fully saturated rings. The van der Waals surface area contributed by atoms with Gasteiger partial charge in [-0.2, -0.15) is 0 Å². The van der Waals surface area contributed by atoms with Crippen molar-refractivity contribution in [2.45, 2.75) is 13.3 Å². The van der Waals surface area contributed by atoms with Crippen LogP contribution in [-0.2, 0) is 6.42 Å². The van der Waals surface area contributed by atoms with Gasteiger partial charge in [-0.15, -0.1) is 0 Å². The van der Waals surface area contributed by atoms with Crippen LogP contribution in [0.25, 0.3) is 5.70 Å². The van der Waals surface area contributed by atoms with Crippen molar-refractivity contribution in [1.82, 2.24) is 0 Å². The monoisotopic (exact) mass is 447 g/mol. The maximum Gasteiger partial charge on any atom is 0.285 e. The maximum atomic E-state index is 12.5. The van der Waals surface area contributed by atoms with Gasteiger partial charge >= 0.3 is 0 Å². The largest absolute Gasteiger partial charge is 0.397 e. The number of non-ortho nitro benzene ring substituents is 1. The maximum absolute atomic E-state index is 12.5. The molecule has 0 unspecified atom stereocenters. The zero-order valence-corrected chi connectivity index (χ0v) is 17.7. The molecule has 4 N–H and O–H groups in total. The second-order valence-electron chi connectivity index (χ2n) is 7.13. The van der Waals surface area contributed by atoms with Gasteiger partial charge in [0.2, 0.25) is 0 Å². The summed E-state index contributed by atoms with van der Waals surface area (Å²) >= 11 is 0. The number of nitrogen functional groups attached to an aromatic ring is 1. The molecule has 0 radical (unpaired) electrons. The second kappa shape index (κ2) is 9.60. The normalized spacial score (nSPS) is 10.3. The summed E-state index contributed by atoms with van der Waals surface area (Å²) in [5.74, 6) is -0.309. The Morgan fingerprint density at radius 1 is 0.970 bits per heavy atom. The zero-order valence-electron chi connectivity index (χ0n) is 17.7. The first kappa shape index (κ1) is 22.9. The number of amides is 1. The van der Waals surface area contributed by atoms with Gasteiger partial charge in [-0.1, -0.05) is 25.6 Å². The Bertz CT molecular complexity index is 1250. The SMILES string of the molecule is C=C(Nc1ccc(NC(=O)c2ccc(CC)cc2)c(N)c1)c1ccc([N+](=O)[O-])cc1[N+](=O)[O-]. The summed E-state index contributed by atoms with van der Waals surface area (Å²) in [5, 5.41) is 27.9. The van der Waals surface area contributed by atoms with Crippen molar-refractivity contribution in [3.05, 3.63) is 104 Å². The van der Waals surface area contributed by atoms with E-state index in [2.05, 4.69) is 17.2 Å².